The molecular weight excluding hydrogens is 677 g/mol. The van der Waals surface area contributed by atoms with Gasteiger partial charge in [0.2, 0.25) is 0 Å². The highest BCUT2D eigenvalue weighted by molar-refractivity contribution is 6.10. The third-order valence-corrected chi connectivity index (χ3v) is 10.8. The molecule has 10 aromatic rings. The van der Waals surface area contributed by atoms with Crippen molar-refractivity contribution >= 4 is 38.9 Å². The number of nitrogens with zero attached hydrogens (tertiary/aromatic N) is 2. The molecule has 56 heavy (non-hydrogen) atoms. The second kappa shape index (κ2) is 14.4. The standard InChI is InChI=1S/C54H38N2/c1-5-18-40(19-6-1)46-26-13-14-28-50(46)54-47(41-20-7-2-8-21-41)29-17-31-52(54)55(43-22-9-3-10-23-43)45-35-32-39(33-36-45)42-34-37-49-48-27-15-16-30-51(48)56(53(49)38-42)44-24-11-4-12-25-44/h1-38H. The van der Waals surface area contributed by atoms with E-state index in [-0.39, 0.29) is 0 Å². The fourth-order valence-electron chi connectivity index (χ4n) is 8.25. The van der Waals surface area contributed by atoms with E-state index in [0.29, 0.717) is 0 Å². The summed E-state index contributed by atoms with van der Waals surface area (Å²) in [6.07, 6.45) is 0. The summed E-state index contributed by atoms with van der Waals surface area (Å²) >= 11 is 0. The fraction of sp³-hybridized carbons (Fsp3) is 0. The molecule has 264 valence electrons. The van der Waals surface area contributed by atoms with Gasteiger partial charge in [-0.1, -0.05) is 176 Å². The number of hydrogen-bond donors (Lipinski definition) is 0. The summed E-state index contributed by atoms with van der Waals surface area (Å²) in [5.74, 6) is 0. The molecule has 0 fully saturated rings. The maximum Gasteiger partial charge on any atom is 0.0547 e. The minimum atomic E-state index is 1.09. The molecule has 0 atom stereocenters. The van der Waals surface area contributed by atoms with Crippen molar-refractivity contribution in [1.29, 1.82) is 0 Å². The molecule has 9 aromatic carbocycles. The van der Waals surface area contributed by atoms with Gasteiger partial charge in [-0.05, 0) is 93.5 Å². The lowest BCUT2D eigenvalue weighted by Gasteiger charge is -2.30. The van der Waals surface area contributed by atoms with Crippen molar-refractivity contribution in [3.63, 3.8) is 0 Å². The average Bonchev–Trinajstić information content (AvgIpc) is 3.62. The molecule has 1 heterocycles. The summed E-state index contributed by atoms with van der Waals surface area (Å²) in [6.45, 7) is 0. The highest BCUT2D eigenvalue weighted by atomic mass is 15.1. The predicted molar refractivity (Wildman–Crippen MR) is 237 cm³/mol. The molecule has 0 aliphatic heterocycles. The van der Waals surface area contributed by atoms with Gasteiger partial charge in [0, 0.05) is 33.4 Å². The van der Waals surface area contributed by atoms with E-state index in [1.807, 2.05) is 0 Å². The van der Waals surface area contributed by atoms with Crippen molar-refractivity contribution in [2.75, 3.05) is 4.90 Å². The third kappa shape index (κ3) is 5.95. The maximum absolute atomic E-state index is 2.41. The van der Waals surface area contributed by atoms with E-state index < -0.39 is 0 Å². The monoisotopic (exact) mass is 714 g/mol. The largest absolute Gasteiger partial charge is 0.310 e. The summed E-state index contributed by atoms with van der Waals surface area (Å²) < 4.78 is 2.38. The predicted octanol–water partition coefficient (Wildman–Crippen LogP) is 14.9. The molecule has 2 nitrogen and oxygen atoms in total. The van der Waals surface area contributed by atoms with Crippen molar-refractivity contribution < 1.29 is 0 Å². The minimum absolute atomic E-state index is 1.09. The van der Waals surface area contributed by atoms with Gasteiger partial charge in [-0.25, -0.2) is 0 Å². The number of aromatic nitrogens is 1. The second-order valence-electron chi connectivity index (χ2n) is 14.1. The maximum atomic E-state index is 2.41. The van der Waals surface area contributed by atoms with Crippen LogP contribution in [-0.4, -0.2) is 4.57 Å². The summed E-state index contributed by atoms with van der Waals surface area (Å²) in [5.41, 5.74) is 16.3. The van der Waals surface area contributed by atoms with Crippen LogP contribution < -0.4 is 4.90 Å². The Morgan fingerprint density at radius 2 is 0.821 bits per heavy atom. The number of anilines is 3. The van der Waals surface area contributed by atoms with Crippen LogP contribution >= 0.6 is 0 Å². The van der Waals surface area contributed by atoms with Crippen LogP contribution in [0.3, 0.4) is 0 Å². The zero-order valence-electron chi connectivity index (χ0n) is 30.8. The van der Waals surface area contributed by atoms with Gasteiger partial charge in [-0.2, -0.15) is 0 Å². The Hall–Kier alpha value is -7.42. The van der Waals surface area contributed by atoms with Crippen LogP contribution in [0.15, 0.2) is 231 Å². The van der Waals surface area contributed by atoms with E-state index in [1.54, 1.807) is 0 Å². The van der Waals surface area contributed by atoms with E-state index in [4.69, 9.17) is 0 Å². The van der Waals surface area contributed by atoms with Crippen LogP contribution in [0.4, 0.5) is 17.1 Å². The first-order chi connectivity index (χ1) is 27.8. The Bertz CT molecular complexity index is 2930. The molecule has 1 aromatic heterocycles. The highest BCUT2D eigenvalue weighted by Gasteiger charge is 2.23. The van der Waals surface area contributed by atoms with Crippen LogP contribution in [0.5, 0.6) is 0 Å². The van der Waals surface area contributed by atoms with E-state index in [1.165, 1.54) is 66.3 Å². The van der Waals surface area contributed by atoms with Gasteiger partial charge in [0.15, 0.2) is 0 Å². The van der Waals surface area contributed by atoms with Gasteiger partial charge in [0.05, 0.1) is 16.7 Å². The molecule has 10 rings (SSSR count). The summed E-state index contributed by atoms with van der Waals surface area (Å²) in [7, 11) is 0. The Kier molecular flexibility index (Phi) is 8.55. The molecule has 0 bridgehead atoms. The van der Waals surface area contributed by atoms with Gasteiger partial charge in [-0.3, -0.25) is 0 Å². The number of fused-ring (bicyclic) bond motifs is 3. The van der Waals surface area contributed by atoms with Crippen LogP contribution in [0, 0.1) is 0 Å². The van der Waals surface area contributed by atoms with Crippen LogP contribution in [0.2, 0.25) is 0 Å². The molecule has 0 saturated carbocycles. The lowest BCUT2D eigenvalue weighted by Crippen LogP contribution is -2.12. The quantitative estimate of drug-likeness (QED) is 0.152. The molecule has 0 amide bonds. The van der Waals surface area contributed by atoms with Crippen molar-refractivity contribution in [2.45, 2.75) is 0 Å². The zero-order valence-corrected chi connectivity index (χ0v) is 30.8. The molecule has 0 N–H and O–H groups in total. The number of hydrogen-bond acceptors (Lipinski definition) is 1. The van der Waals surface area contributed by atoms with Crippen LogP contribution in [0.1, 0.15) is 0 Å². The van der Waals surface area contributed by atoms with Gasteiger partial charge in [0.1, 0.15) is 0 Å². The fourth-order valence-corrected chi connectivity index (χ4v) is 8.25. The Morgan fingerprint density at radius 1 is 0.304 bits per heavy atom. The van der Waals surface area contributed by atoms with Gasteiger partial charge >= 0.3 is 0 Å². The summed E-state index contributed by atoms with van der Waals surface area (Å²) in [4.78, 5) is 2.41. The SMILES string of the molecule is c1ccc(-c2ccccc2-c2c(-c3ccccc3)cccc2N(c2ccccc2)c2ccc(-c3ccc4c5ccccc5n(-c5ccccc5)c4c3)cc2)cc1. The number of para-hydroxylation sites is 3. The van der Waals surface area contributed by atoms with E-state index >= 15 is 0 Å². The van der Waals surface area contributed by atoms with Crippen molar-refractivity contribution in [3.05, 3.63) is 231 Å². The van der Waals surface area contributed by atoms with E-state index in [0.717, 1.165) is 22.7 Å². The second-order valence-corrected chi connectivity index (χ2v) is 14.1. The molecule has 0 radical (unpaired) electrons. The van der Waals surface area contributed by atoms with Crippen molar-refractivity contribution in [2.24, 2.45) is 0 Å². The Balaban J connectivity index is 1.15. The van der Waals surface area contributed by atoms with Crippen molar-refractivity contribution in [3.8, 4) is 50.2 Å². The molecular formula is C54H38N2. The molecule has 0 spiro atoms. The van der Waals surface area contributed by atoms with Crippen LogP contribution in [-0.2, 0) is 0 Å². The van der Waals surface area contributed by atoms with E-state index in [2.05, 4.69) is 240 Å². The smallest absolute Gasteiger partial charge is 0.0547 e. The Labute approximate surface area is 327 Å². The number of rotatable bonds is 8. The van der Waals surface area contributed by atoms with Crippen LogP contribution in [0.25, 0.3) is 72.0 Å². The first-order valence-electron chi connectivity index (χ1n) is 19.2. The van der Waals surface area contributed by atoms with Gasteiger partial charge in [0.25, 0.3) is 0 Å². The minimum Gasteiger partial charge on any atom is -0.310 e. The van der Waals surface area contributed by atoms with Crippen molar-refractivity contribution in [1.82, 2.24) is 4.57 Å². The van der Waals surface area contributed by atoms with Gasteiger partial charge in [-0.15, -0.1) is 0 Å². The zero-order chi connectivity index (χ0) is 37.3. The normalized spacial score (nSPS) is 11.2. The molecule has 0 saturated heterocycles. The molecule has 0 unspecified atom stereocenters. The summed E-state index contributed by atoms with van der Waals surface area (Å²) in [5, 5.41) is 2.51. The van der Waals surface area contributed by atoms with E-state index in [9.17, 15) is 0 Å². The average molecular weight is 715 g/mol. The lowest BCUT2D eigenvalue weighted by molar-refractivity contribution is 1.18. The Morgan fingerprint density at radius 3 is 1.54 bits per heavy atom. The molecule has 0 aliphatic rings. The third-order valence-electron chi connectivity index (χ3n) is 10.8. The first kappa shape index (κ1) is 33.2. The lowest BCUT2D eigenvalue weighted by atomic mass is 9.87. The topological polar surface area (TPSA) is 8.17 Å². The summed E-state index contributed by atoms with van der Waals surface area (Å²) in [6, 6.07) is 83.0. The highest BCUT2D eigenvalue weighted by Crippen LogP contribution is 2.48. The first-order valence-corrected chi connectivity index (χ1v) is 19.2. The van der Waals surface area contributed by atoms with Gasteiger partial charge < -0.3 is 9.47 Å². The molecule has 0 aliphatic carbocycles. The molecule has 2 heteroatoms. The number of benzene rings is 9.